The normalized spacial score (nSPS) is 10.3. The summed E-state index contributed by atoms with van der Waals surface area (Å²) in [6.45, 7) is 1.27. The monoisotopic (exact) mass is 362 g/mol. The van der Waals surface area contributed by atoms with E-state index in [-0.39, 0.29) is 18.7 Å². The Morgan fingerprint density at radius 3 is 2.76 bits per heavy atom. The molecule has 0 aliphatic rings. The number of nitrogens with zero attached hydrogens (tertiary/aromatic N) is 1. The summed E-state index contributed by atoms with van der Waals surface area (Å²) in [6, 6.07) is 8.10. The maximum atomic E-state index is 11.8. The number of hydrogen-bond donors (Lipinski definition) is 1. The predicted molar refractivity (Wildman–Crippen MR) is 94.7 cm³/mol. The second kappa shape index (κ2) is 8.93. The number of thiophene rings is 1. The molecule has 0 atom stereocenters. The molecule has 0 radical (unpaired) electrons. The summed E-state index contributed by atoms with van der Waals surface area (Å²) in [5.74, 6) is -0.907. The van der Waals surface area contributed by atoms with Gasteiger partial charge in [0.05, 0.1) is 4.92 Å². The number of nitrogens with one attached hydrogen (secondary N) is 1. The first kappa shape index (κ1) is 18.6. The first-order chi connectivity index (χ1) is 12.0. The van der Waals surface area contributed by atoms with Gasteiger partial charge < -0.3 is 10.1 Å². The highest BCUT2D eigenvalue weighted by molar-refractivity contribution is 7.09. The molecule has 1 aromatic carbocycles. The van der Waals surface area contributed by atoms with Gasteiger partial charge in [-0.3, -0.25) is 19.7 Å². The molecule has 7 nitrogen and oxygen atoms in total. The largest absolute Gasteiger partial charge is 0.456 e. The minimum Gasteiger partial charge on any atom is -0.456 e. The van der Waals surface area contributed by atoms with Crippen LogP contribution in [-0.2, 0) is 20.7 Å². The van der Waals surface area contributed by atoms with Gasteiger partial charge in [0.25, 0.3) is 11.6 Å². The number of non-ortho nitro benzene ring substituents is 1. The molecular formula is C17H18N2O5S. The van der Waals surface area contributed by atoms with Gasteiger partial charge >= 0.3 is 5.97 Å². The molecule has 8 heteroatoms. The van der Waals surface area contributed by atoms with Crippen LogP contribution in [0.1, 0.15) is 23.3 Å². The number of nitro benzene ring substituents is 1. The Hall–Kier alpha value is -2.74. The highest BCUT2D eigenvalue weighted by atomic mass is 32.1. The Morgan fingerprint density at radius 1 is 1.32 bits per heavy atom. The molecule has 0 aliphatic carbocycles. The van der Waals surface area contributed by atoms with Gasteiger partial charge in [-0.15, -0.1) is 11.3 Å². The molecule has 0 bridgehead atoms. The number of nitro groups is 1. The van der Waals surface area contributed by atoms with Crippen LogP contribution in [0.15, 0.2) is 35.7 Å². The predicted octanol–water partition coefficient (Wildman–Crippen LogP) is 3.47. The van der Waals surface area contributed by atoms with Gasteiger partial charge in [-0.1, -0.05) is 6.07 Å². The summed E-state index contributed by atoms with van der Waals surface area (Å²) >= 11 is 1.64. The van der Waals surface area contributed by atoms with Crippen LogP contribution in [-0.4, -0.2) is 23.4 Å². The quantitative estimate of drug-likeness (QED) is 0.440. The summed E-state index contributed by atoms with van der Waals surface area (Å²) in [5.41, 5.74) is 0.960. The summed E-state index contributed by atoms with van der Waals surface area (Å²) in [5, 5.41) is 15.2. The fourth-order valence-electron chi connectivity index (χ4n) is 2.17. The van der Waals surface area contributed by atoms with E-state index >= 15 is 0 Å². The third-order valence-corrected chi connectivity index (χ3v) is 4.38. The number of ether oxygens (including phenoxy) is 1. The lowest BCUT2D eigenvalue weighted by Gasteiger charge is -2.09. The Morgan fingerprint density at radius 2 is 2.12 bits per heavy atom. The van der Waals surface area contributed by atoms with Crippen LogP contribution < -0.4 is 5.32 Å². The Bertz CT molecular complexity index is 758. The molecule has 2 aromatic rings. The van der Waals surface area contributed by atoms with Crippen molar-refractivity contribution in [1.82, 2.24) is 0 Å². The number of anilines is 1. The van der Waals surface area contributed by atoms with Crippen molar-refractivity contribution in [2.45, 2.75) is 26.2 Å². The van der Waals surface area contributed by atoms with Crippen molar-refractivity contribution >= 4 is 34.6 Å². The minimum atomic E-state index is -0.503. The second-order valence-electron chi connectivity index (χ2n) is 5.40. The number of hydrogen-bond acceptors (Lipinski definition) is 6. The van der Waals surface area contributed by atoms with Gasteiger partial charge in [-0.2, -0.15) is 0 Å². The molecule has 25 heavy (non-hydrogen) atoms. The van der Waals surface area contributed by atoms with Gasteiger partial charge in [-0.05, 0) is 42.8 Å². The van der Waals surface area contributed by atoms with E-state index in [1.807, 2.05) is 17.5 Å². The van der Waals surface area contributed by atoms with Crippen LogP contribution in [0.4, 0.5) is 11.4 Å². The van der Waals surface area contributed by atoms with Crippen molar-refractivity contribution < 1.29 is 19.2 Å². The maximum absolute atomic E-state index is 11.8. The molecule has 0 aliphatic heterocycles. The van der Waals surface area contributed by atoms with E-state index in [2.05, 4.69) is 5.32 Å². The average Bonchev–Trinajstić information content (AvgIpc) is 3.08. The lowest BCUT2D eigenvalue weighted by molar-refractivity contribution is -0.384. The van der Waals surface area contributed by atoms with E-state index in [9.17, 15) is 19.7 Å². The highest BCUT2D eigenvalue weighted by Crippen LogP contribution is 2.21. The molecule has 0 saturated heterocycles. The van der Waals surface area contributed by atoms with Crippen molar-refractivity contribution in [2.75, 3.05) is 11.9 Å². The van der Waals surface area contributed by atoms with Crippen LogP contribution in [0.5, 0.6) is 0 Å². The van der Waals surface area contributed by atoms with Crippen LogP contribution >= 0.6 is 11.3 Å². The molecule has 2 rings (SSSR count). The summed E-state index contributed by atoms with van der Waals surface area (Å²) in [4.78, 5) is 34.9. The van der Waals surface area contributed by atoms with Crippen molar-refractivity contribution in [3.05, 3.63) is 56.3 Å². The molecule has 132 valence electrons. The van der Waals surface area contributed by atoms with Crippen LogP contribution in [0.2, 0.25) is 0 Å². The number of rotatable bonds is 8. The van der Waals surface area contributed by atoms with E-state index in [0.717, 1.165) is 6.42 Å². The third-order valence-electron chi connectivity index (χ3n) is 3.44. The maximum Gasteiger partial charge on any atom is 0.306 e. The van der Waals surface area contributed by atoms with E-state index in [1.54, 1.807) is 18.3 Å². The lowest BCUT2D eigenvalue weighted by Crippen LogP contribution is -2.21. The number of aryl methyl sites for hydroxylation is 2. The van der Waals surface area contributed by atoms with Gasteiger partial charge in [0.15, 0.2) is 6.61 Å². The van der Waals surface area contributed by atoms with Crippen molar-refractivity contribution in [2.24, 2.45) is 0 Å². The van der Waals surface area contributed by atoms with Gasteiger partial charge in [0, 0.05) is 29.1 Å². The molecule has 1 aromatic heterocycles. The minimum absolute atomic E-state index is 0.0485. The van der Waals surface area contributed by atoms with E-state index < -0.39 is 16.8 Å². The van der Waals surface area contributed by atoms with Crippen LogP contribution in [0.25, 0.3) is 0 Å². The Kier molecular flexibility index (Phi) is 6.64. The third kappa shape index (κ3) is 6.00. The zero-order valence-electron chi connectivity index (χ0n) is 13.7. The zero-order chi connectivity index (χ0) is 18.2. The topological polar surface area (TPSA) is 98.5 Å². The first-order valence-electron chi connectivity index (χ1n) is 7.68. The van der Waals surface area contributed by atoms with Crippen LogP contribution in [0.3, 0.4) is 0 Å². The molecule has 0 saturated carbocycles. The van der Waals surface area contributed by atoms with Crippen LogP contribution in [0, 0.1) is 17.0 Å². The molecule has 0 fully saturated rings. The van der Waals surface area contributed by atoms with E-state index in [4.69, 9.17) is 4.74 Å². The lowest BCUT2D eigenvalue weighted by atomic mass is 10.2. The molecule has 1 amide bonds. The van der Waals surface area contributed by atoms with Crippen molar-refractivity contribution in [3.63, 3.8) is 0 Å². The van der Waals surface area contributed by atoms with Crippen molar-refractivity contribution in [1.29, 1.82) is 0 Å². The summed E-state index contributed by atoms with van der Waals surface area (Å²) < 4.78 is 4.94. The zero-order valence-corrected chi connectivity index (χ0v) is 14.5. The molecule has 1 heterocycles. The van der Waals surface area contributed by atoms with Crippen molar-refractivity contribution in [3.8, 4) is 0 Å². The molecule has 0 spiro atoms. The van der Waals surface area contributed by atoms with Gasteiger partial charge in [0.1, 0.15) is 0 Å². The van der Waals surface area contributed by atoms with E-state index in [0.29, 0.717) is 17.7 Å². The average molecular weight is 362 g/mol. The number of benzene rings is 1. The number of amides is 1. The molecular weight excluding hydrogens is 344 g/mol. The Balaban J connectivity index is 1.72. The first-order valence-corrected chi connectivity index (χ1v) is 8.56. The summed E-state index contributed by atoms with van der Waals surface area (Å²) in [7, 11) is 0. The molecule has 0 unspecified atom stereocenters. The number of carbonyl (C=O) groups excluding carboxylic acids is 2. The molecule has 1 N–H and O–H groups in total. The Labute approximate surface area is 148 Å². The fourth-order valence-corrected chi connectivity index (χ4v) is 2.92. The van der Waals surface area contributed by atoms with Gasteiger partial charge in [-0.25, -0.2) is 0 Å². The number of esters is 1. The second-order valence-corrected chi connectivity index (χ2v) is 6.43. The fraction of sp³-hybridized carbons (Fsp3) is 0.294. The smallest absolute Gasteiger partial charge is 0.306 e. The standard InChI is InChI=1S/C17H18N2O5S/c1-12-10-13(19(22)23)7-8-15(12)18-16(20)11-24-17(21)6-2-4-14-5-3-9-25-14/h3,5,7-10H,2,4,6,11H2,1H3,(H,18,20). The highest BCUT2D eigenvalue weighted by Gasteiger charge is 2.12. The summed E-state index contributed by atoms with van der Waals surface area (Å²) in [6.07, 6.45) is 1.73. The SMILES string of the molecule is Cc1cc([N+](=O)[O-])ccc1NC(=O)COC(=O)CCCc1cccs1. The van der Waals surface area contributed by atoms with Gasteiger partial charge in [0.2, 0.25) is 0 Å². The van der Waals surface area contributed by atoms with E-state index in [1.165, 1.54) is 23.1 Å². The number of carbonyl (C=O) groups is 2.